The number of hydrogen-bond donors (Lipinski definition) is 2. The fraction of sp³-hybridized carbons (Fsp3) is 0.160. The molecule has 2 aromatic carbocycles. The number of urea groups is 1. The summed E-state index contributed by atoms with van der Waals surface area (Å²) in [4.78, 5) is 39.2. The number of rotatable bonds is 5. The van der Waals surface area contributed by atoms with Gasteiger partial charge >= 0.3 is 6.03 Å². The fourth-order valence-electron chi connectivity index (χ4n) is 4.04. The Morgan fingerprint density at radius 1 is 0.943 bits per heavy atom. The highest BCUT2D eigenvalue weighted by molar-refractivity contribution is 7.89. The molecule has 1 fully saturated rings. The summed E-state index contributed by atoms with van der Waals surface area (Å²) in [5.74, 6) is -1.49. The van der Waals surface area contributed by atoms with Gasteiger partial charge in [0.2, 0.25) is 10.0 Å². The van der Waals surface area contributed by atoms with Gasteiger partial charge in [-0.2, -0.15) is 0 Å². The molecule has 35 heavy (non-hydrogen) atoms. The largest absolute Gasteiger partial charge is 0.335 e. The SMILES string of the molecule is CCc1ccc(N2C(=O)NC(=O)/C(=C\c3cc(C)n(-c4ccc(S(N)(=O)=O)cc4)c3C)C2=O)cc1. The Kier molecular flexibility index (Phi) is 6.18. The van der Waals surface area contributed by atoms with Gasteiger partial charge in [0, 0.05) is 17.1 Å². The molecule has 4 amide bonds. The number of anilines is 1. The normalized spacial score (nSPS) is 15.6. The van der Waals surface area contributed by atoms with Gasteiger partial charge in [0.25, 0.3) is 11.8 Å². The molecule has 2 heterocycles. The van der Waals surface area contributed by atoms with Gasteiger partial charge in [0.15, 0.2) is 0 Å². The van der Waals surface area contributed by atoms with Gasteiger partial charge in [-0.1, -0.05) is 19.1 Å². The van der Waals surface area contributed by atoms with Crippen LogP contribution in [-0.2, 0) is 26.0 Å². The van der Waals surface area contributed by atoms with Gasteiger partial charge < -0.3 is 4.57 Å². The lowest BCUT2D eigenvalue weighted by atomic mass is 10.1. The number of sulfonamides is 1. The van der Waals surface area contributed by atoms with E-state index in [-0.39, 0.29) is 10.5 Å². The number of nitrogens with one attached hydrogen (secondary N) is 1. The maximum atomic E-state index is 13.2. The molecule has 0 bridgehead atoms. The standard InChI is InChI=1S/C25H24N4O5S/c1-4-17-5-7-20(8-6-17)29-24(31)22(23(30)27-25(29)32)14-18-13-15(2)28(16(18)3)19-9-11-21(12-10-19)35(26,33)34/h5-14H,4H2,1-3H3,(H2,26,33,34)(H,27,30,32)/b22-14+. The molecule has 3 aromatic rings. The first kappa shape index (κ1) is 24.1. The second-order valence-electron chi connectivity index (χ2n) is 8.18. The molecule has 0 spiro atoms. The minimum atomic E-state index is -3.82. The summed E-state index contributed by atoms with van der Waals surface area (Å²) in [6.07, 6.45) is 2.26. The lowest BCUT2D eigenvalue weighted by Crippen LogP contribution is -2.54. The van der Waals surface area contributed by atoms with E-state index in [2.05, 4.69) is 5.32 Å². The maximum Gasteiger partial charge on any atom is 0.335 e. The van der Waals surface area contributed by atoms with Crippen molar-refractivity contribution in [3.05, 3.63) is 82.7 Å². The van der Waals surface area contributed by atoms with Crippen LogP contribution in [0.25, 0.3) is 11.8 Å². The molecule has 0 saturated carbocycles. The smallest absolute Gasteiger partial charge is 0.318 e. The fourth-order valence-corrected chi connectivity index (χ4v) is 4.56. The summed E-state index contributed by atoms with van der Waals surface area (Å²) in [6.45, 7) is 5.65. The Hall–Kier alpha value is -4.02. The van der Waals surface area contributed by atoms with Crippen LogP contribution in [0.4, 0.5) is 10.5 Å². The zero-order valence-electron chi connectivity index (χ0n) is 19.4. The van der Waals surface area contributed by atoms with Crippen molar-refractivity contribution in [3.8, 4) is 5.69 Å². The number of aryl methyl sites for hydroxylation is 2. The summed E-state index contributed by atoms with van der Waals surface area (Å²) in [5.41, 5.74) is 4.04. The van der Waals surface area contributed by atoms with E-state index in [1.54, 1.807) is 30.3 Å². The Bertz CT molecular complexity index is 1480. The predicted molar refractivity (Wildman–Crippen MR) is 131 cm³/mol. The van der Waals surface area contributed by atoms with E-state index in [1.807, 2.05) is 37.5 Å². The number of nitrogens with two attached hydrogens (primary N) is 1. The summed E-state index contributed by atoms with van der Waals surface area (Å²) < 4.78 is 25.0. The molecule has 4 rings (SSSR count). The summed E-state index contributed by atoms with van der Waals surface area (Å²) in [7, 11) is -3.82. The van der Waals surface area contributed by atoms with Crippen LogP contribution in [0.5, 0.6) is 0 Å². The van der Waals surface area contributed by atoms with Crippen LogP contribution in [0.3, 0.4) is 0 Å². The first-order valence-corrected chi connectivity index (χ1v) is 12.4. The maximum absolute atomic E-state index is 13.2. The van der Waals surface area contributed by atoms with Gasteiger partial charge in [0.05, 0.1) is 10.6 Å². The summed E-state index contributed by atoms with van der Waals surface area (Å²) in [5, 5.41) is 7.41. The highest BCUT2D eigenvalue weighted by Crippen LogP contribution is 2.26. The third-order valence-corrected chi connectivity index (χ3v) is 6.83. The number of aromatic nitrogens is 1. The van der Waals surface area contributed by atoms with Gasteiger partial charge in [0.1, 0.15) is 5.57 Å². The first-order valence-electron chi connectivity index (χ1n) is 10.8. The molecule has 3 N–H and O–H groups in total. The number of hydrogen-bond acceptors (Lipinski definition) is 5. The third kappa shape index (κ3) is 4.53. The minimum absolute atomic E-state index is 0.00717. The zero-order valence-corrected chi connectivity index (χ0v) is 20.2. The minimum Gasteiger partial charge on any atom is -0.318 e. The van der Waals surface area contributed by atoms with Crippen molar-refractivity contribution < 1.29 is 22.8 Å². The second kappa shape index (κ2) is 8.97. The molecule has 0 aliphatic carbocycles. The Morgan fingerprint density at radius 2 is 1.54 bits per heavy atom. The van der Waals surface area contributed by atoms with Crippen molar-refractivity contribution >= 4 is 39.6 Å². The number of carbonyl (C=O) groups is 3. The van der Waals surface area contributed by atoms with Crippen molar-refractivity contribution in [2.75, 3.05) is 4.90 Å². The van der Waals surface area contributed by atoms with E-state index in [4.69, 9.17) is 5.14 Å². The molecule has 1 saturated heterocycles. The second-order valence-corrected chi connectivity index (χ2v) is 9.74. The van der Waals surface area contributed by atoms with Crippen LogP contribution in [0.1, 0.15) is 29.4 Å². The molecule has 10 heteroatoms. The predicted octanol–water partition coefficient (Wildman–Crippen LogP) is 2.97. The van der Waals surface area contributed by atoms with Crippen LogP contribution < -0.4 is 15.4 Å². The molecular formula is C25H24N4O5S. The van der Waals surface area contributed by atoms with E-state index in [0.717, 1.165) is 28.3 Å². The number of benzene rings is 2. The van der Waals surface area contributed by atoms with Crippen LogP contribution >= 0.6 is 0 Å². The Morgan fingerprint density at radius 3 is 2.11 bits per heavy atom. The Balaban J connectivity index is 1.72. The molecular weight excluding hydrogens is 468 g/mol. The molecule has 0 atom stereocenters. The highest BCUT2D eigenvalue weighted by Gasteiger charge is 2.37. The van der Waals surface area contributed by atoms with Crippen molar-refractivity contribution in [1.29, 1.82) is 0 Å². The zero-order chi connectivity index (χ0) is 25.5. The molecule has 180 valence electrons. The van der Waals surface area contributed by atoms with E-state index in [9.17, 15) is 22.8 Å². The van der Waals surface area contributed by atoms with E-state index in [1.165, 1.54) is 18.2 Å². The number of carbonyl (C=O) groups excluding carboxylic acids is 3. The molecule has 1 aliphatic rings. The monoisotopic (exact) mass is 492 g/mol. The molecule has 0 radical (unpaired) electrons. The highest BCUT2D eigenvalue weighted by atomic mass is 32.2. The molecule has 1 aliphatic heterocycles. The first-order chi connectivity index (χ1) is 16.5. The quantitative estimate of drug-likeness (QED) is 0.418. The summed E-state index contributed by atoms with van der Waals surface area (Å²) in [6, 6.07) is 14.0. The van der Waals surface area contributed by atoms with E-state index < -0.39 is 27.9 Å². The molecule has 0 unspecified atom stereocenters. The average Bonchev–Trinajstić information content (AvgIpc) is 3.09. The number of nitrogens with zero attached hydrogens (tertiary/aromatic N) is 2. The van der Waals surface area contributed by atoms with E-state index in [0.29, 0.717) is 16.9 Å². The van der Waals surface area contributed by atoms with Crippen molar-refractivity contribution in [2.45, 2.75) is 32.1 Å². The summed E-state index contributed by atoms with van der Waals surface area (Å²) >= 11 is 0. The number of imide groups is 2. The van der Waals surface area contributed by atoms with Gasteiger partial charge in [-0.3, -0.25) is 14.9 Å². The average molecular weight is 493 g/mol. The van der Waals surface area contributed by atoms with Crippen molar-refractivity contribution in [3.63, 3.8) is 0 Å². The lowest BCUT2D eigenvalue weighted by molar-refractivity contribution is -0.122. The Labute approximate surface area is 202 Å². The van der Waals surface area contributed by atoms with Gasteiger partial charge in [-0.15, -0.1) is 0 Å². The van der Waals surface area contributed by atoms with Crippen molar-refractivity contribution in [1.82, 2.24) is 9.88 Å². The van der Waals surface area contributed by atoms with Crippen LogP contribution in [0.15, 0.2) is 65.1 Å². The van der Waals surface area contributed by atoms with Gasteiger partial charge in [-0.05, 0) is 79.9 Å². The number of primary sulfonamides is 1. The van der Waals surface area contributed by atoms with Crippen LogP contribution in [-0.4, -0.2) is 30.8 Å². The number of amides is 4. The lowest BCUT2D eigenvalue weighted by Gasteiger charge is -2.26. The molecule has 1 aromatic heterocycles. The van der Waals surface area contributed by atoms with E-state index >= 15 is 0 Å². The van der Waals surface area contributed by atoms with Crippen LogP contribution in [0.2, 0.25) is 0 Å². The topological polar surface area (TPSA) is 132 Å². The van der Waals surface area contributed by atoms with Crippen LogP contribution in [0, 0.1) is 13.8 Å². The molecule has 9 nitrogen and oxygen atoms in total. The third-order valence-electron chi connectivity index (χ3n) is 5.90. The van der Waals surface area contributed by atoms with Crippen molar-refractivity contribution in [2.24, 2.45) is 5.14 Å². The van der Waals surface area contributed by atoms with Gasteiger partial charge in [-0.25, -0.2) is 23.3 Å². The number of barbiturate groups is 1.